The van der Waals surface area contributed by atoms with Crippen LogP contribution in [0.2, 0.25) is 0 Å². The molecule has 22 heavy (non-hydrogen) atoms. The Balaban J connectivity index is -0.000000118. The third-order valence-electron chi connectivity index (χ3n) is 1.33. The fourth-order valence-electron chi connectivity index (χ4n) is 0.648. The minimum Gasteiger partial charge on any atom is -0.465 e. The third kappa shape index (κ3) is 37.1. The molecule has 0 aromatic rings. The maximum absolute atomic E-state index is 10.6. The van der Waals surface area contributed by atoms with Crippen LogP contribution in [0.5, 0.6) is 0 Å². The van der Waals surface area contributed by atoms with Crippen LogP contribution in [-0.4, -0.2) is 60.8 Å². The van der Waals surface area contributed by atoms with Gasteiger partial charge in [-0.15, -0.1) is 28.7 Å². The van der Waals surface area contributed by atoms with Crippen LogP contribution in [0.4, 0.5) is 0 Å². The minimum absolute atomic E-state index is 0. The second-order valence-corrected chi connectivity index (χ2v) is 5.30. The number of rotatable bonds is 8. The number of thioether (sulfide) groups is 1. The van der Waals surface area contributed by atoms with Crippen LogP contribution in [0, 0.1) is 0 Å². The van der Waals surface area contributed by atoms with Crippen molar-refractivity contribution in [3.8, 4) is 0 Å². The van der Waals surface area contributed by atoms with E-state index in [2.05, 4.69) is 38.0 Å². The molecule has 0 aromatic heterocycles. The van der Waals surface area contributed by atoms with Crippen LogP contribution in [0.25, 0.3) is 0 Å². The Kier molecular flexibility index (Phi) is 40.8. The number of hydrogen-bond donors (Lipinski definition) is 3. The molecule has 0 saturated heterocycles. The maximum atomic E-state index is 10.6. The smallest absolute Gasteiger partial charge is 0.315 e. The lowest BCUT2D eigenvalue weighted by molar-refractivity contribution is -0.140. The van der Waals surface area contributed by atoms with Gasteiger partial charge in [0.1, 0.15) is 0 Å². The van der Waals surface area contributed by atoms with Crippen molar-refractivity contribution in [2.45, 2.75) is 13.8 Å². The van der Waals surface area contributed by atoms with Gasteiger partial charge in [0.2, 0.25) is 0 Å². The van der Waals surface area contributed by atoms with Crippen LogP contribution in [0.15, 0.2) is 0 Å². The van der Waals surface area contributed by atoms with Gasteiger partial charge in [-0.25, -0.2) is 0 Å². The molecule has 0 unspecified atom stereocenters. The number of carbonyl (C=O) groups is 2. The summed E-state index contributed by atoms with van der Waals surface area (Å²) in [6.07, 6.45) is 0. The Morgan fingerprint density at radius 1 is 1.09 bits per heavy atom. The predicted molar refractivity (Wildman–Crippen MR) is 107 cm³/mol. The molecule has 10 heteroatoms. The predicted octanol–water partition coefficient (Wildman–Crippen LogP) is 1.64. The molecule has 0 atom stereocenters. The van der Waals surface area contributed by atoms with E-state index in [1.165, 1.54) is 11.8 Å². The number of carbonyl (C=O) groups excluding carboxylic acids is 2. The molecule has 0 aliphatic heterocycles. The van der Waals surface area contributed by atoms with E-state index in [1.54, 1.807) is 13.8 Å². The number of alkyl halides is 1. The fraction of sp³-hybridized carbons (Fsp3) is 0.833. The molecule has 4 N–H and O–H groups in total. The van der Waals surface area contributed by atoms with Gasteiger partial charge in [-0.05, 0) is 13.8 Å². The standard InChI is InChI=1S/C6H13NO2S.C4H8O2S.C2H6BrN.BrH/c1-2-9-6(8)5-10-4-3-7;1-2-6-4(5)3-7;3-1-2-4;/h2-5,7H2,1H3;7H,2-3H2,1H3;1-2,4H2;1H. The number of halogens is 2. The molecule has 0 bridgehead atoms. The Labute approximate surface area is 162 Å². The van der Waals surface area contributed by atoms with Gasteiger partial charge in [0.25, 0.3) is 0 Å². The zero-order valence-electron chi connectivity index (χ0n) is 13.1. The first kappa shape index (κ1) is 30.4. The molecular weight excluding hydrogens is 460 g/mol. The van der Waals surface area contributed by atoms with Gasteiger partial charge in [-0.3, -0.25) is 9.59 Å². The van der Waals surface area contributed by atoms with Gasteiger partial charge in [0.15, 0.2) is 0 Å². The van der Waals surface area contributed by atoms with E-state index < -0.39 is 0 Å². The van der Waals surface area contributed by atoms with Crippen LogP contribution in [0.3, 0.4) is 0 Å². The summed E-state index contributed by atoms with van der Waals surface area (Å²) in [6, 6.07) is 0. The van der Waals surface area contributed by atoms with Crippen molar-refractivity contribution in [2.24, 2.45) is 11.5 Å². The highest BCUT2D eigenvalue weighted by Gasteiger charge is 1.99. The van der Waals surface area contributed by atoms with Crippen molar-refractivity contribution >= 4 is 69.2 Å². The van der Waals surface area contributed by atoms with E-state index in [-0.39, 0.29) is 34.7 Å². The Bertz CT molecular complexity index is 239. The zero-order valence-corrected chi connectivity index (χ0v) is 18.1. The molecule has 0 saturated carbocycles. The molecule has 136 valence electrons. The topological polar surface area (TPSA) is 105 Å². The lowest BCUT2D eigenvalue weighted by Crippen LogP contribution is -2.09. The fourth-order valence-corrected chi connectivity index (χ4v) is 1.30. The van der Waals surface area contributed by atoms with Crippen molar-refractivity contribution < 1.29 is 19.1 Å². The highest BCUT2D eigenvalue weighted by Crippen LogP contribution is 1.97. The molecule has 0 spiro atoms. The average Bonchev–Trinajstić information content (AvgIpc) is 2.49. The molecule has 0 amide bonds. The molecule has 6 nitrogen and oxygen atoms in total. The van der Waals surface area contributed by atoms with Crippen molar-refractivity contribution in [2.75, 3.05) is 48.9 Å². The first-order valence-electron chi connectivity index (χ1n) is 6.49. The van der Waals surface area contributed by atoms with Crippen LogP contribution in [-0.2, 0) is 19.1 Å². The van der Waals surface area contributed by atoms with Gasteiger partial charge >= 0.3 is 11.9 Å². The van der Waals surface area contributed by atoms with E-state index in [9.17, 15) is 9.59 Å². The van der Waals surface area contributed by atoms with Gasteiger partial charge in [-0.2, -0.15) is 12.6 Å². The number of ether oxygens (including phenoxy) is 2. The average molecular weight is 488 g/mol. The lowest BCUT2D eigenvalue weighted by atomic mass is 10.8. The molecular formula is C12H28Br2N2O4S2. The van der Waals surface area contributed by atoms with E-state index in [4.69, 9.17) is 11.5 Å². The van der Waals surface area contributed by atoms with Crippen molar-refractivity contribution in [3.05, 3.63) is 0 Å². The lowest BCUT2D eigenvalue weighted by Gasteiger charge is -1.99. The van der Waals surface area contributed by atoms with Crippen molar-refractivity contribution in [3.63, 3.8) is 0 Å². The Morgan fingerprint density at radius 2 is 1.55 bits per heavy atom. The van der Waals surface area contributed by atoms with Gasteiger partial charge in [-0.1, -0.05) is 15.9 Å². The highest BCUT2D eigenvalue weighted by atomic mass is 79.9. The Hall–Kier alpha value is 0.520. The van der Waals surface area contributed by atoms with Crippen LogP contribution in [0.1, 0.15) is 13.8 Å². The third-order valence-corrected chi connectivity index (χ3v) is 3.01. The molecule has 0 heterocycles. The summed E-state index contributed by atoms with van der Waals surface area (Å²) >= 11 is 8.30. The number of hydrogen-bond acceptors (Lipinski definition) is 8. The van der Waals surface area contributed by atoms with Crippen molar-refractivity contribution in [1.29, 1.82) is 0 Å². The summed E-state index contributed by atoms with van der Waals surface area (Å²) in [5.41, 5.74) is 10.2. The van der Waals surface area contributed by atoms with Crippen molar-refractivity contribution in [1.82, 2.24) is 0 Å². The monoisotopic (exact) mass is 486 g/mol. The normalized spacial score (nSPS) is 8.27. The van der Waals surface area contributed by atoms with E-state index >= 15 is 0 Å². The summed E-state index contributed by atoms with van der Waals surface area (Å²) in [5, 5.41) is 0.910. The Morgan fingerprint density at radius 3 is 1.82 bits per heavy atom. The van der Waals surface area contributed by atoms with Crippen LogP contribution >= 0.6 is 57.3 Å². The van der Waals surface area contributed by atoms with E-state index in [0.29, 0.717) is 25.5 Å². The summed E-state index contributed by atoms with van der Waals surface area (Å²) in [7, 11) is 0. The summed E-state index contributed by atoms with van der Waals surface area (Å²) in [4.78, 5) is 20.7. The summed E-state index contributed by atoms with van der Waals surface area (Å²) < 4.78 is 9.16. The minimum atomic E-state index is -0.258. The maximum Gasteiger partial charge on any atom is 0.315 e. The highest BCUT2D eigenvalue weighted by molar-refractivity contribution is 9.09. The van der Waals surface area contributed by atoms with E-state index in [0.717, 1.165) is 17.6 Å². The number of esters is 2. The SMILES string of the molecule is Br.CCOC(=O)CS.CCOC(=O)CSCCN.NCCBr. The van der Waals surface area contributed by atoms with Gasteiger partial charge in [0, 0.05) is 24.2 Å². The number of thiol groups is 1. The molecule has 0 aliphatic rings. The summed E-state index contributed by atoms with van der Waals surface area (Å²) in [6.45, 7) is 5.82. The second kappa shape index (κ2) is 29.5. The summed E-state index contributed by atoms with van der Waals surface area (Å²) in [5.74, 6) is 1.00. The molecule has 0 rings (SSSR count). The molecule has 0 aliphatic carbocycles. The van der Waals surface area contributed by atoms with Gasteiger partial charge < -0.3 is 20.9 Å². The number of nitrogens with two attached hydrogens (primary N) is 2. The molecule has 0 aromatic carbocycles. The van der Waals surface area contributed by atoms with Gasteiger partial charge in [0.05, 0.1) is 24.7 Å². The molecule has 0 fully saturated rings. The first-order chi connectivity index (χ1) is 10.0. The quantitative estimate of drug-likeness (QED) is 0.207. The van der Waals surface area contributed by atoms with E-state index in [1.807, 2.05) is 0 Å². The van der Waals surface area contributed by atoms with Crippen LogP contribution < -0.4 is 11.5 Å². The first-order valence-corrected chi connectivity index (χ1v) is 9.40. The largest absolute Gasteiger partial charge is 0.465 e. The molecule has 0 radical (unpaired) electrons. The second-order valence-electron chi connectivity index (χ2n) is 3.09. The zero-order chi connectivity index (χ0) is 16.9.